The fraction of sp³-hybridized carbons (Fsp3) is 0.562. The molecule has 0 spiro atoms. The zero-order chi connectivity index (χ0) is 13.8. The molecule has 3 nitrogen and oxygen atoms in total. The quantitative estimate of drug-likeness (QED) is 0.856. The van der Waals surface area contributed by atoms with Crippen LogP contribution in [0.5, 0.6) is 5.75 Å². The predicted octanol–water partition coefficient (Wildman–Crippen LogP) is 2.50. The normalized spacial score (nSPS) is 15.2. The van der Waals surface area contributed by atoms with E-state index >= 15 is 0 Å². The number of benzene rings is 1. The van der Waals surface area contributed by atoms with Gasteiger partial charge in [0.15, 0.2) is 0 Å². The Hall–Kier alpha value is -1.35. The molecule has 104 valence electrons. The van der Waals surface area contributed by atoms with Crippen LogP contribution in [-0.2, 0) is 17.6 Å². The van der Waals surface area contributed by atoms with Crippen molar-refractivity contribution in [2.24, 2.45) is 11.7 Å². The van der Waals surface area contributed by atoms with Crippen LogP contribution in [0.4, 0.5) is 0 Å². The zero-order valence-corrected chi connectivity index (χ0v) is 11.8. The van der Waals surface area contributed by atoms with Gasteiger partial charge in [-0.25, -0.2) is 0 Å². The number of nitrogens with two attached hydrogens (primary N) is 1. The van der Waals surface area contributed by atoms with Crippen LogP contribution in [0.2, 0.25) is 0 Å². The van der Waals surface area contributed by atoms with E-state index in [1.54, 1.807) is 0 Å². The first kappa shape index (κ1) is 14.1. The molecule has 1 aliphatic rings. The van der Waals surface area contributed by atoms with Crippen LogP contribution in [0, 0.1) is 5.92 Å². The number of ether oxygens (including phenoxy) is 1. The topological polar surface area (TPSA) is 52.3 Å². The molecule has 3 heteroatoms. The average Bonchev–Trinajstić information content (AvgIpc) is 2.83. The summed E-state index contributed by atoms with van der Waals surface area (Å²) in [4.78, 5) is 11.9. The Morgan fingerprint density at radius 3 is 2.95 bits per heavy atom. The van der Waals surface area contributed by atoms with Gasteiger partial charge in [0.05, 0.1) is 6.61 Å². The number of carbonyl (C=O) groups is 1. The lowest BCUT2D eigenvalue weighted by Crippen LogP contribution is -2.29. The van der Waals surface area contributed by atoms with Gasteiger partial charge in [-0.3, -0.25) is 4.79 Å². The zero-order valence-electron chi connectivity index (χ0n) is 11.8. The van der Waals surface area contributed by atoms with E-state index in [2.05, 4.69) is 26.0 Å². The van der Waals surface area contributed by atoms with Crippen molar-refractivity contribution in [3.8, 4) is 5.75 Å². The maximum absolute atomic E-state index is 11.9. The molecule has 1 aromatic rings. The van der Waals surface area contributed by atoms with Crippen LogP contribution < -0.4 is 10.5 Å². The Balaban J connectivity index is 1.84. The first-order chi connectivity index (χ1) is 9.06. The fourth-order valence-electron chi connectivity index (χ4n) is 2.28. The molecule has 2 N–H and O–H groups in total. The lowest BCUT2D eigenvalue weighted by atomic mass is 9.96. The highest BCUT2D eigenvalue weighted by Gasteiger charge is 2.14. The van der Waals surface area contributed by atoms with Crippen LogP contribution in [0.25, 0.3) is 0 Å². The molecular formula is C16H23NO2. The standard InChI is InChI=1S/C16H23NO2/c1-11(2)15(17)10-14(18)5-3-12-4-6-16-13(9-12)7-8-19-16/h4,6,9,11,15H,3,5,7-8,10,17H2,1-2H3. The number of rotatable bonds is 6. The summed E-state index contributed by atoms with van der Waals surface area (Å²) in [6.45, 7) is 4.89. The Bertz CT molecular complexity index is 454. The van der Waals surface area contributed by atoms with Crippen LogP contribution >= 0.6 is 0 Å². The summed E-state index contributed by atoms with van der Waals surface area (Å²) in [6, 6.07) is 6.22. The highest BCUT2D eigenvalue weighted by atomic mass is 16.5. The van der Waals surface area contributed by atoms with E-state index < -0.39 is 0 Å². The SMILES string of the molecule is CC(C)C(N)CC(=O)CCc1ccc2c(c1)CCO2. The monoisotopic (exact) mass is 261 g/mol. The lowest BCUT2D eigenvalue weighted by molar-refractivity contribution is -0.119. The van der Waals surface area contributed by atoms with E-state index in [9.17, 15) is 4.79 Å². The van der Waals surface area contributed by atoms with Crippen LogP contribution in [0.15, 0.2) is 18.2 Å². The summed E-state index contributed by atoms with van der Waals surface area (Å²) in [5, 5.41) is 0. The minimum absolute atomic E-state index is 0.0130. The van der Waals surface area contributed by atoms with E-state index in [0.717, 1.165) is 25.2 Å². The van der Waals surface area contributed by atoms with Gasteiger partial charge in [0.25, 0.3) is 0 Å². The maximum Gasteiger partial charge on any atom is 0.134 e. The molecule has 0 aromatic heterocycles. The van der Waals surface area contributed by atoms with E-state index in [4.69, 9.17) is 10.5 Å². The van der Waals surface area contributed by atoms with Crippen LogP contribution in [0.1, 0.15) is 37.8 Å². The summed E-state index contributed by atoms with van der Waals surface area (Å²) < 4.78 is 5.47. The summed E-state index contributed by atoms with van der Waals surface area (Å²) >= 11 is 0. The molecule has 0 radical (unpaired) electrons. The fourth-order valence-corrected chi connectivity index (χ4v) is 2.28. The summed E-state index contributed by atoms with van der Waals surface area (Å²) in [7, 11) is 0. The second kappa shape index (κ2) is 6.20. The van der Waals surface area contributed by atoms with Crippen molar-refractivity contribution in [1.82, 2.24) is 0 Å². The van der Waals surface area contributed by atoms with Gasteiger partial charge < -0.3 is 10.5 Å². The third-order valence-corrected chi connectivity index (χ3v) is 3.77. The van der Waals surface area contributed by atoms with E-state index in [1.165, 1.54) is 11.1 Å². The van der Waals surface area contributed by atoms with Gasteiger partial charge in [-0.05, 0) is 29.5 Å². The van der Waals surface area contributed by atoms with Crippen LogP contribution in [-0.4, -0.2) is 18.4 Å². The van der Waals surface area contributed by atoms with Gasteiger partial charge in [-0.1, -0.05) is 26.0 Å². The Labute approximate surface area is 115 Å². The Morgan fingerprint density at radius 1 is 1.42 bits per heavy atom. The smallest absolute Gasteiger partial charge is 0.134 e. The summed E-state index contributed by atoms with van der Waals surface area (Å²) in [6.07, 6.45) is 2.86. The molecule has 0 amide bonds. The number of fused-ring (bicyclic) bond motifs is 1. The Morgan fingerprint density at radius 2 is 2.21 bits per heavy atom. The second-order valence-corrected chi connectivity index (χ2v) is 5.69. The van der Waals surface area contributed by atoms with E-state index in [0.29, 0.717) is 18.8 Å². The minimum Gasteiger partial charge on any atom is -0.493 e. The third kappa shape index (κ3) is 3.80. The molecule has 0 fully saturated rings. The van der Waals surface area contributed by atoms with Gasteiger partial charge in [-0.15, -0.1) is 0 Å². The van der Waals surface area contributed by atoms with Crippen molar-refractivity contribution in [3.05, 3.63) is 29.3 Å². The molecule has 19 heavy (non-hydrogen) atoms. The van der Waals surface area contributed by atoms with Crippen molar-refractivity contribution < 1.29 is 9.53 Å². The third-order valence-electron chi connectivity index (χ3n) is 3.77. The highest BCUT2D eigenvalue weighted by molar-refractivity contribution is 5.79. The minimum atomic E-state index is -0.0130. The largest absolute Gasteiger partial charge is 0.493 e. The number of carbonyl (C=O) groups excluding carboxylic acids is 1. The van der Waals surface area contributed by atoms with Gasteiger partial charge >= 0.3 is 0 Å². The molecule has 1 atom stereocenters. The number of Topliss-reactive ketones (excluding diaryl/α,β-unsaturated/α-hetero) is 1. The van der Waals surface area contributed by atoms with Gasteiger partial charge in [0, 0.05) is 25.3 Å². The van der Waals surface area contributed by atoms with Crippen molar-refractivity contribution in [2.45, 2.75) is 45.6 Å². The average molecular weight is 261 g/mol. The summed E-state index contributed by atoms with van der Waals surface area (Å²) in [5.41, 5.74) is 8.41. The van der Waals surface area contributed by atoms with Crippen molar-refractivity contribution in [3.63, 3.8) is 0 Å². The lowest BCUT2D eigenvalue weighted by Gasteiger charge is -2.14. The van der Waals surface area contributed by atoms with Gasteiger partial charge in [0.1, 0.15) is 11.5 Å². The molecule has 2 rings (SSSR count). The number of hydrogen-bond donors (Lipinski definition) is 1. The van der Waals surface area contributed by atoms with Gasteiger partial charge in [0.2, 0.25) is 0 Å². The number of ketones is 1. The predicted molar refractivity (Wildman–Crippen MR) is 76.4 cm³/mol. The molecule has 0 saturated heterocycles. The van der Waals surface area contributed by atoms with Crippen molar-refractivity contribution in [2.75, 3.05) is 6.61 Å². The molecule has 0 bridgehead atoms. The van der Waals surface area contributed by atoms with Crippen molar-refractivity contribution in [1.29, 1.82) is 0 Å². The molecule has 0 saturated carbocycles. The molecule has 1 aromatic carbocycles. The summed E-state index contributed by atoms with van der Waals surface area (Å²) in [5.74, 6) is 1.62. The number of hydrogen-bond acceptors (Lipinski definition) is 3. The van der Waals surface area contributed by atoms with E-state index in [-0.39, 0.29) is 11.8 Å². The number of aryl methyl sites for hydroxylation is 1. The maximum atomic E-state index is 11.9. The molecular weight excluding hydrogens is 238 g/mol. The molecule has 1 heterocycles. The Kier molecular flexibility index (Phi) is 4.59. The first-order valence-electron chi connectivity index (χ1n) is 7.08. The molecule has 1 aliphatic heterocycles. The molecule has 1 unspecified atom stereocenters. The van der Waals surface area contributed by atoms with Gasteiger partial charge in [-0.2, -0.15) is 0 Å². The molecule has 0 aliphatic carbocycles. The highest BCUT2D eigenvalue weighted by Crippen LogP contribution is 2.26. The van der Waals surface area contributed by atoms with Crippen LogP contribution in [0.3, 0.4) is 0 Å². The first-order valence-corrected chi connectivity index (χ1v) is 7.08. The second-order valence-electron chi connectivity index (χ2n) is 5.69. The van der Waals surface area contributed by atoms with E-state index in [1.807, 2.05) is 6.07 Å². The van der Waals surface area contributed by atoms with Crippen molar-refractivity contribution >= 4 is 5.78 Å².